The monoisotopic (exact) mass is 1800 g/mol. The third kappa shape index (κ3) is 43.1. The molecule has 0 unspecified atom stereocenters. The minimum Gasteiger partial charge on any atom is -0.493 e. The maximum absolute atomic E-state index is 15.4. The highest BCUT2D eigenvalue weighted by atomic mass is 31.2. The Labute approximate surface area is 755 Å². The molecule has 0 spiro atoms. The number of carbonyl (C=O) groups excluding carboxylic acids is 4. The Morgan fingerprint density at radius 3 is 0.492 bits per heavy atom. The van der Waals surface area contributed by atoms with Gasteiger partial charge in [0.25, 0.3) is 0 Å². The second kappa shape index (κ2) is 63.8. The van der Waals surface area contributed by atoms with E-state index in [1.807, 2.05) is 48.5 Å². The first-order valence-corrected chi connectivity index (χ1v) is 59.7. The van der Waals surface area contributed by atoms with E-state index in [0.717, 1.165) is 327 Å². The summed E-state index contributed by atoms with van der Waals surface area (Å²) in [6.45, 7) is 27.6. The average Bonchev–Trinajstić information content (AvgIpc) is 0.769. The van der Waals surface area contributed by atoms with Crippen LogP contribution in [0.3, 0.4) is 0 Å². The van der Waals surface area contributed by atoms with Crippen LogP contribution in [0, 0.1) is 0 Å². The minimum absolute atomic E-state index is 0.0867. The Morgan fingerprint density at radius 2 is 0.355 bits per heavy atom. The smallest absolute Gasteiger partial charge is 0.231 e. The van der Waals surface area contributed by atoms with E-state index >= 15 is 37.4 Å². The summed E-state index contributed by atoms with van der Waals surface area (Å²) in [5.74, 6) is 1.19. The largest absolute Gasteiger partial charge is 0.493 e. The molecule has 0 heterocycles. The van der Waals surface area contributed by atoms with Gasteiger partial charge in [0.15, 0.2) is 0 Å². The number of benzene rings is 4. The van der Waals surface area contributed by atoms with Crippen molar-refractivity contribution in [3.8, 4) is 23.0 Å². The van der Waals surface area contributed by atoms with Gasteiger partial charge in [-0.15, -0.1) is 0 Å². The van der Waals surface area contributed by atoms with Crippen molar-refractivity contribution in [2.24, 2.45) is 0 Å². The first-order valence-electron chi connectivity index (χ1n) is 50.7. The molecule has 0 fully saturated rings. The van der Waals surface area contributed by atoms with Crippen LogP contribution in [0.5, 0.6) is 23.0 Å². The number of fused-ring (bicyclic) bond motifs is 8. The molecule has 4 amide bonds. The molecular weight excluding hydrogens is 1620 g/mol. The first-order chi connectivity index (χ1) is 60.0. The first kappa shape index (κ1) is 109. The zero-order valence-corrected chi connectivity index (χ0v) is 84.1. The molecule has 4 aromatic carbocycles. The van der Waals surface area contributed by atoms with Crippen molar-refractivity contribution in [1.29, 1.82) is 0 Å². The van der Waals surface area contributed by atoms with E-state index < -0.39 is 28.6 Å². The molecule has 4 N–H and O–H groups in total. The topological polar surface area (TPSA) is 222 Å². The fraction of sp³-hybridized carbons (Fsp3) is 0.731. The fourth-order valence-electron chi connectivity index (χ4n) is 17.6. The summed E-state index contributed by atoms with van der Waals surface area (Å²) in [6, 6.07) is 16.1. The van der Waals surface area contributed by atoms with Gasteiger partial charge in [0.2, 0.25) is 23.6 Å². The standard InChI is InChI=1S/C104H176N4O12P4/c1-13-25-37-49-61-121(113,62-50-38-26-14-2)81-97(109)105-93-73-85-69-87-75-94(106-98(110)82-122(114,63-51-39-27-15-3)64-52-40-28-16-4)77-89(102(87)118-58-46-34-22-10)71-91-79-96(108-100(112)84-124(116,67-55-43-31-19-7)68-56-44-32-20-8)80-92(104(91)120-60-48-36-24-12)72-90-78-95(107-99(111)83-123(115,65-53-41-29-17-5)66-54-42-30-18-6)76-88(103(90)119-59-47-35-23-11)70-86(74-93)101(85)117-57-45-33-21-9/h73-80H,13-72,81-84H2,1-12H3,(H,105,109)(H,106,110)(H,107,111)(H,108,112). The van der Waals surface area contributed by atoms with Crippen LogP contribution >= 0.6 is 28.6 Å². The van der Waals surface area contributed by atoms with Crippen molar-refractivity contribution in [1.82, 2.24) is 0 Å². The molecule has 20 heteroatoms. The predicted molar refractivity (Wildman–Crippen MR) is 534 cm³/mol. The minimum atomic E-state index is -3.00. The molecule has 704 valence electrons. The fourth-order valence-corrected chi connectivity index (χ4v) is 28.5. The second-order valence-corrected chi connectivity index (χ2v) is 50.1. The summed E-state index contributed by atoms with van der Waals surface area (Å²) in [5, 5.41) is 13.5. The van der Waals surface area contributed by atoms with Gasteiger partial charge in [-0.3, -0.25) is 19.2 Å². The van der Waals surface area contributed by atoms with Gasteiger partial charge in [-0.1, -0.05) is 289 Å². The second-order valence-electron chi connectivity index (χ2n) is 36.8. The third-order valence-electron chi connectivity index (χ3n) is 24.7. The lowest BCUT2D eigenvalue weighted by Gasteiger charge is -2.25. The number of hydrogen-bond donors (Lipinski definition) is 4. The van der Waals surface area contributed by atoms with Crippen LogP contribution in [-0.4, -0.2) is 124 Å². The molecule has 0 saturated carbocycles. The summed E-state index contributed by atoms with van der Waals surface area (Å²) in [4.78, 5) is 61.3. The SMILES string of the molecule is CCCCCCP(=O)(CCCCCC)CC(=O)Nc1cc2c(OCCCCC)c(c1)Cc1cc(NC(=O)CP(=O)(CCCCCC)CCCCCC)cc(c1OCCCCC)Cc1cc(NC(=O)CP(=O)(CCCCCC)CCCCCC)cc(c1OCCCCC)Cc1cc(NC(=O)CP(=O)(CCCCCC)CCCCCC)cc(c1OCCCCC)C2. The molecule has 124 heavy (non-hydrogen) atoms. The molecule has 0 aromatic heterocycles. The quantitative estimate of drug-likeness (QED) is 0.0211. The Kier molecular flexibility index (Phi) is 56.3. The van der Waals surface area contributed by atoms with Gasteiger partial charge in [0, 0.05) is 142 Å². The van der Waals surface area contributed by atoms with Crippen LogP contribution in [0.4, 0.5) is 22.7 Å². The maximum atomic E-state index is 15.4. The number of amides is 4. The van der Waals surface area contributed by atoms with E-state index in [-0.39, 0.29) is 74.0 Å². The maximum Gasteiger partial charge on any atom is 0.231 e. The Morgan fingerprint density at radius 1 is 0.218 bits per heavy atom. The van der Waals surface area contributed by atoms with Crippen molar-refractivity contribution >= 4 is 74.9 Å². The Bertz CT molecular complexity index is 3260. The predicted octanol–water partition coefficient (Wildman–Crippen LogP) is 30.5. The van der Waals surface area contributed by atoms with Crippen molar-refractivity contribution in [3.05, 3.63) is 93.0 Å². The average molecular weight is 1800 g/mol. The number of hydrogen-bond acceptors (Lipinski definition) is 12. The Hall–Kier alpha value is -5.12. The highest BCUT2D eigenvalue weighted by Gasteiger charge is 2.33. The third-order valence-corrected chi connectivity index (χ3v) is 37.2. The van der Waals surface area contributed by atoms with Crippen LogP contribution in [0.1, 0.15) is 410 Å². The van der Waals surface area contributed by atoms with Gasteiger partial charge in [-0.2, -0.15) is 0 Å². The summed E-state index contributed by atoms with van der Waals surface area (Å²) in [6.07, 6.45) is 45.7. The molecule has 16 nitrogen and oxygen atoms in total. The summed E-state index contributed by atoms with van der Waals surface area (Å²) in [5.41, 5.74) is 7.91. The molecule has 0 saturated heterocycles. The van der Waals surface area contributed by atoms with E-state index in [0.29, 0.717) is 121 Å². The van der Waals surface area contributed by atoms with E-state index in [4.69, 9.17) is 18.9 Å². The van der Waals surface area contributed by atoms with E-state index in [9.17, 15) is 0 Å². The van der Waals surface area contributed by atoms with E-state index in [1.54, 1.807) is 0 Å². The van der Waals surface area contributed by atoms with Gasteiger partial charge in [0.1, 0.15) is 23.0 Å². The molecule has 0 aliphatic heterocycles. The van der Waals surface area contributed by atoms with Gasteiger partial charge in [-0.05, 0) is 126 Å². The molecule has 5 rings (SSSR count). The van der Waals surface area contributed by atoms with Gasteiger partial charge >= 0.3 is 0 Å². The van der Waals surface area contributed by atoms with Crippen molar-refractivity contribution in [3.63, 3.8) is 0 Å². The molecule has 0 radical (unpaired) electrons. The molecule has 1 aliphatic rings. The number of rotatable bonds is 72. The molecular formula is C104H176N4O12P4. The van der Waals surface area contributed by atoms with Crippen LogP contribution in [0.15, 0.2) is 48.5 Å². The number of ether oxygens (including phenoxy) is 4. The van der Waals surface area contributed by atoms with Crippen LogP contribution < -0.4 is 40.2 Å². The Balaban J connectivity index is 2.06. The summed E-state index contributed by atoms with van der Waals surface area (Å²) in [7, 11) is -12.0. The summed E-state index contributed by atoms with van der Waals surface area (Å²) < 4.78 is 91.2. The lowest BCUT2D eigenvalue weighted by atomic mass is 9.90. The number of nitrogens with one attached hydrogen (secondary N) is 4. The van der Waals surface area contributed by atoms with Gasteiger partial charge < -0.3 is 58.5 Å². The van der Waals surface area contributed by atoms with Gasteiger partial charge in [-0.25, -0.2) is 0 Å². The zero-order chi connectivity index (χ0) is 90.1. The van der Waals surface area contributed by atoms with Crippen LogP contribution in [0.2, 0.25) is 0 Å². The van der Waals surface area contributed by atoms with Crippen molar-refractivity contribution in [2.75, 3.05) is 122 Å². The van der Waals surface area contributed by atoms with Gasteiger partial charge in [0.05, 0.1) is 79.6 Å². The summed E-state index contributed by atoms with van der Waals surface area (Å²) >= 11 is 0. The lowest BCUT2D eigenvalue weighted by molar-refractivity contribution is -0.114. The highest BCUT2D eigenvalue weighted by molar-refractivity contribution is 7.65. The molecule has 0 atom stereocenters. The normalized spacial score (nSPS) is 12.5. The number of unbranched alkanes of at least 4 members (excludes halogenated alkanes) is 32. The number of carbonyl (C=O) groups is 4. The van der Waals surface area contributed by atoms with Crippen LogP contribution in [-0.2, 0) is 63.1 Å². The highest BCUT2D eigenvalue weighted by Crippen LogP contribution is 2.53. The molecule has 4 aromatic rings. The van der Waals surface area contributed by atoms with Crippen LogP contribution in [0.25, 0.3) is 0 Å². The molecule has 8 bridgehead atoms. The number of anilines is 4. The lowest BCUT2D eigenvalue weighted by Crippen LogP contribution is -2.20. The molecule has 1 aliphatic carbocycles. The van der Waals surface area contributed by atoms with E-state index in [1.165, 1.54) is 0 Å². The van der Waals surface area contributed by atoms with Crippen molar-refractivity contribution in [2.45, 2.75) is 391 Å². The van der Waals surface area contributed by atoms with E-state index in [2.05, 4.69) is 104 Å². The van der Waals surface area contributed by atoms with Crippen molar-refractivity contribution < 1.29 is 56.4 Å². The zero-order valence-electron chi connectivity index (χ0n) is 80.6.